The lowest BCUT2D eigenvalue weighted by atomic mass is 10.2. The minimum atomic E-state index is -0.533. The maximum absolute atomic E-state index is 12.8. The van der Waals surface area contributed by atoms with Crippen LogP contribution in [0.3, 0.4) is 0 Å². The first-order chi connectivity index (χ1) is 14.5. The molecule has 0 saturated heterocycles. The average molecular weight is 406 g/mol. The Morgan fingerprint density at radius 2 is 1.80 bits per heavy atom. The van der Waals surface area contributed by atoms with E-state index in [2.05, 4.69) is 10.6 Å². The van der Waals surface area contributed by atoms with Crippen LogP contribution in [0, 0.1) is 0 Å². The highest BCUT2D eigenvalue weighted by molar-refractivity contribution is 5.97. The van der Waals surface area contributed by atoms with E-state index in [-0.39, 0.29) is 30.6 Å². The molecule has 1 aliphatic carbocycles. The zero-order chi connectivity index (χ0) is 21.3. The molecule has 1 fully saturated rings. The molecule has 2 amide bonds. The van der Waals surface area contributed by atoms with Crippen molar-refractivity contribution in [3.8, 4) is 0 Å². The molecule has 8 heteroatoms. The Morgan fingerprint density at radius 3 is 2.53 bits per heavy atom. The molecule has 154 valence electrons. The van der Waals surface area contributed by atoms with Crippen molar-refractivity contribution < 1.29 is 9.59 Å². The van der Waals surface area contributed by atoms with Crippen molar-refractivity contribution in [1.29, 1.82) is 0 Å². The third-order valence-electron chi connectivity index (χ3n) is 5.07. The summed E-state index contributed by atoms with van der Waals surface area (Å²) in [5.74, 6) is -0.603. The summed E-state index contributed by atoms with van der Waals surface area (Å²) in [5.41, 5.74) is 0.425. The topological polar surface area (TPSA) is 102 Å². The lowest BCUT2D eigenvalue weighted by molar-refractivity contribution is -0.116. The third kappa shape index (κ3) is 3.89. The second-order valence-electron chi connectivity index (χ2n) is 7.31. The molecule has 0 bridgehead atoms. The molecular formula is C22H22N4O4. The van der Waals surface area contributed by atoms with Crippen LogP contribution in [-0.2, 0) is 17.9 Å². The molecular weight excluding hydrogens is 384 g/mol. The number of anilines is 1. The Balaban J connectivity index is 1.59. The molecule has 3 aromatic rings. The van der Waals surface area contributed by atoms with Crippen molar-refractivity contribution in [2.75, 3.05) is 5.32 Å². The first-order valence-corrected chi connectivity index (χ1v) is 9.91. The molecule has 0 unspecified atom stereocenters. The molecule has 30 heavy (non-hydrogen) atoms. The lowest BCUT2D eigenvalue weighted by Crippen LogP contribution is -2.41. The number of hydrogen-bond acceptors (Lipinski definition) is 4. The van der Waals surface area contributed by atoms with Crippen molar-refractivity contribution in [2.45, 2.75) is 38.9 Å². The van der Waals surface area contributed by atoms with E-state index in [0.29, 0.717) is 22.2 Å². The highest BCUT2D eigenvalue weighted by atomic mass is 16.2. The van der Waals surface area contributed by atoms with E-state index in [1.165, 1.54) is 4.57 Å². The number of benzene rings is 2. The summed E-state index contributed by atoms with van der Waals surface area (Å²) in [6.07, 6.45) is 1.98. The van der Waals surface area contributed by atoms with Gasteiger partial charge < -0.3 is 10.6 Å². The molecule has 4 rings (SSSR count). The number of nitrogens with zero attached hydrogens (tertiary/aromatic N) is 2. The summed E-state index contributed by atoms with van der Waals surface area (Å²) in [4.78, 5) is 50.2. The molecule has 1 aromatic heterocycles. The molecule has 1 saturated carbocycles. The molecule has 0 radical (unpaired) electrons. The lowest BCUT2D eigenvalue weighted by Gasteiger charge is -2.13. The molecule has 2 N–H and O–H groups in total. The van der Waals surface area contributed by atoms with Crippen LogP contribution in [0.2, 0.25) is 0 Å². The zero-order valence-electron chi connectivity index (χ0n) is 16.6. The van der Waals surface area contributed by atoms with Gasteiger partial charge in [0.1, 0.15) is 6.54 Å². The molecule has 2 aromatic carbocycles. The van der Waals surface area contributed by atoms with Gasteiger partial charge in [-0.1, -0.05) is 18.2 Å². The highest BCUT2D eigenvalue weighted by Gasteiger charge is 2.24. The zero-order valence-corrected chi connectivity index (χ0v) is 16.6. The molecule has 0 atom stereocenters. The number of nitrogens with one attached hydrogen (secondary N) is 2. The number of carbonyl (C=O) groups is 2. The van der Waals surface area contributed by atoms with Gasteiger partial charge in [-0.2, -0.15) is 0 Å². The number of aromatic nitrogens is 2. The van der Waals surface area contributed by atoms with Crippen molar-refractivity contribution >= 4 is 28.4 Å². The van der Waals surface area contributed by atoms with Gasteiger partial charge in [-0.15, -0.1) is 0 Å². The van der Waals surface area contributed by atoms with Crippen LogP contribution in [0.5, 0.6) is 0 Å². The highest BCUT2D eigenvalue weighted by Crippen LogP contribution is 2.20. The predicted octanol–water partition coefficient (Wildman–Crippen LogP) is 1.71. The maximum Gasteiger partial charge on any atom is 0.331 e. The van der Waals surface area contributed by atoms with Crippen LogP contribution in [0.25, 0.3) is 10.9 Å². The quantitative estimate of drug-likeness (QED) is 0.651. The fourth-order valence-electron chi connectivity index (χ4n) is 3.38. The van der Waals surface area contributed by atoms with Crippen molar-refractivity contribution in [3.05, 3.63) is 74.9 Å². The molecule has 0 aliphatic heterocycles. The Bertz CT molecular complexity index is 1250. The van der Waals surface area contributed by atoms with Crippen LogP contribution in [0.1, 0.15) is 30.1 Å². The van der Waals surface area contributed by atoms with E-state index >= 15 is 0 Å². The first-order valence-electron chi connectivity index (χ1n) is 9.91. The number of amides is 2. The van der Waals surface area contributed by atoms with Gasteiger partial charge in [0.25, 0.3) is 11.5 Å². The van der Waals surface area contributed by atoms with E-state index in [0.717, 1.165) is 17.4 Å². The monoisotopic (exact) mass is 406 g/mol. The second-order valence-corrected chi connectivity index (χ2v) is 7.31. The minimum absolute atomic E-state index is 0.175. The van der Waals surface area contributed by atoms with Crippen LogP contribution in [0.15, 0.2) is 58.1 Å². The molecule has 0 spiro atoms. The largest absolute Gasteiger partial charge is 0.349 e. The summed E-state index contributed by atoms with van der Waals surface area (Å²) in [6, 6.07) is 13.6. The number of para-hydroxylation sites is 1. The van der Waals surface area contributed by atoms with Gasteiger partial charge in [-0.3, -0.25) is 23.5 Å². The van der Waals surface area contributed by atoms with Gasteiger partial charge >= 0.3 is 5.69 Å². The van der Waals surface area contributed by atoms with Gasteiger partial charge in [0.2, 0.25) is 5.91 Å². The minimum Gasteiger partial charge on any atom is -0.349 e. The Labute approximate surface area is 172 Å². The van der Waals surface area contributed by atoms with E-state index in [9.17, 15) is 19.2 Å². The van der Waals surface area contributed by atoms with E-state index in [1.54, 1.807) is 55.5 Å². The van der Waals surface area contributed by atoms with Crippen LogP contribution in [0.4, 0.5) is 5.69 Å². The van der Waals surface area contributed by atoms with Crippen molar-refractivity contribution in [2.24, 2.45) is 0 Å². The van der Waals surface area contributed by atoms with E-state index < -0.39 is 11.6 Å². The Hall–Kier alpha value is -3.68. The fraction of sp³-hybridized carbons (Fsp3) is 0.273. The van der Waals surface area contributed by atoms with Crippen molar-refractivity contribution in [3.63, 3.8) is 0 Å². The SMILES string of the molecule is CCn1c(=O)c2ccccc2n(CC(=O)Nc2cccc(C(=O)NC3CC3)c2)c1=O. The van der Waals surface area contributed by atoms with Gasteiger partial charge in [0.15, 0.2) is 0 Å². The summed E-state index contributed by atoms with van der Waals surface area (Å²) in [7, 11) is 0. The summed E-state index contributed by atoms with van der Waals surface area (Å²) >= 11 is 0. The first kappa shape index (κ1) is 19.6. The number of hydrogen-bond donors (Lipinski definition) is 2. The standard InChI is InChI=1S/C22H22N4O4/c1-2-25-21(29)17-8-3-4-9-18(17)26(22(25)30)13-19(27)23-16-7-5-6-14(12-16)20(28)24-15-10-11-15/h3-9,12,15H,2,10-11,13H2,1H3,(H,23,27)(H,24,28). The summed E-state index contributed by atoms with van der Waals surface area (Å²) in [5, 5.41) is 6.02. The Kier molecular flexibility index (Phi) is 5.22. The smallest absolute Gasteiger partial charge is 0.331 e. The molecule has 1 heterocycles. The molecule has 1 aliphatic rings. The van der Waals surface area contributed by atoms with E-state index in [1.807, 2.05) is 0 Å². The van der Waals surface area contributed by atoms with Gasteiger partial charge in [-0.25, -0.2) is 4.79 Å². The van der Waals surface area contributed by atoms with E-state index in [4.69, 9.17) is 0 Å². The number of carbonyl (C=O) groups excluding carboxylic acids is 2. The number of fused-ring (bicyclic) bond motifs is 1. The fourth-order valence-corrected chi connectivity index (χ4v) is 3.38. The van der Waals surface area contributed by atoms with Gasteiger partial charge in [-0.05, 0) is 50.1 Å². The maximum atomic E-state index is 12.8. The van der Waals surface area contributed by atoms with Crippen LogP contribution >= 0.6 is 0 Å². The second kappa shape index (κ2) is 7.98. The van der Waals surface area contributed by atoms with Crippen molar-refractivity contribution in [1.82, 2.24) is 14.5 Å². The predicted molar refractivity (Wildman–Crippen MR) is 114 cm³/mol. The van der Waals surface area contributed by atoms with Crippen LogP contribution in [-0.4, -0.2) is 27.0 Å². The van der Waals surface area contributed by atoms with Gasteiger partial charge in [0.05, 0.1) is 10.9 Å². The Morgan fingerprint density at radius 1 is 1.03 bits per heavy atom. The average Bonchev–Trinajstić information content (AvgIpc) is 3.56. The van der Waals surface area contributed by atoms with Gasteiger partial charge in [0, 0.05) is 23.8 Å². The summed E-state index contributed by atoms with van der Waals surface area (Å²) in [6.45, 7) is 1.67. The summed E-state index contributed by atoms with van der Waals surface area (Å²) < 4.78 is 2.40. The molecule has 8 nitrogen and oxygen atoms in total. The third-order valence-corrected chi connectivity index (χ3v) is 5.07. The van der Waals surface area contributed by atoms with Crippen LogP contribution < -0.4 is 21.9 Å². The normalized spacial score (nSPS) is 13.2. The number of rotatable bonds is 6.